The van der Waals surface area contributed by atoms with Gasteiger partial charge in [-0.25, -0.2) is 0 Å². The monoisotopic (exact) mass is 1750 g/mol. The molecular weight excluding hydrogens is 1570 g/mol. The number of esters is 6. The summed E-state index contributed by atoms with van der Waals surface area (Å²) in [5.41, 5.74) is -0.867. The maximum atomic E-state index is 13.2. The number of fused-ring (bicyclic) bond motifs is 8. The number of carbonyl (C=O) groups excluding carboxylic acids is 7. The quantitative estimate of drug-likeness (QED) is 0.0353. The topological polar surface area (TPSA) is 195 Å². The molecule has 0 saturated heterocycles. The molecule has 710 valence electrons. The van der Waals surface area contributed by atoms with Gasteiger partial charge in [-0.1, -0.05) is 112 Å². The summed E-state index contributed by atoms with van der Waals surface area (Å²) in [6.07, 6.45) is 65.3. The number of ether oxygens (including phenoxy) is 6. The van der Waals surface area contributed by atoms with E-state index in [1.807, 2.05) is 102 Å². The number of hydrogen-bond donors (Lipinski definition) is 1. The van der Waals surface area contributed by atoms with Gasteiger partial charge in [0, 0.05) is 42.4 Å². The normalized spacial score (nSPS) is 37.1. The second kappa shape index (κ2) is 40.8. The Kier molecular flexibility index (Phi) is 32.8. The van der Waals surface area contributed by atoms with Crippen molar-refractivity contribution in [1.82, 2.24) is 0 Å². The molecule has 10 bridgehead atoms. The lowest BCUT2D eigenvalue weighted by Gasteiger charge is -2.61. The Hall–Kier alpha value is -5.11. The first-order chi connectivity index (χ1) is 59.3. The van der Waals surface area contributed by atoms with Gasteiger partial charge in [0.15, 0.2) is 0 Å². The summed E-state index contributed by atoms with van der Waals surface area (Å²) < 4.78 is 37.0. The fourth-order valence-electron chi connectivity index (χ4n) is 26.1. The fourth-order valence-corrected chi connectivity index (χ4v) is 26.1. The van der Waals surface area contributed by atoms with Crippen molar-refractivity contribution in [3.05, 3.63) is 72.4 Å². The van der Waals surface area contributed by atoms with E-state index in [-0.39, 0.29) is 85.5 Å². The molecule has 0 heterocycles. The van der Waals surface area contributed by atoms with Crippen LogP contribution in [0.3, 0.4) is 0 Å². The summed E-state index contributed by atoms with van der Waals surface area (Å²) >= 11 is 0. The average molecular weight is 1750 g/mol. The van der Waals surface area contributed by atoms with Crippen molar-refractivity contribution in [2.24, 2.45) is 121 Å². The summed E-state index contributed by atoms with van der Waals surface area (Å²) in [6.45, 7) is 48.4. The molecule has 14 nitrogen and oxygen atoms in total. The van der Waals surface area contributed by atoms with Crippen LogP contribution >= 0.6 is 0 Å². The first kappa shape index (κ1) is 101. The summed E-state index contributed by atoms with van der Waals surface area (Å²) in [7, 11) is 0. The predicted octanol–water partition coefficient (Wildman–Crippen LogP) is 27.6. The van der Waals surface area contributed by atoms with Crippen molar-refractivity contribution in [2.75, 3.05) is 0 Å². The Morgan fingerprint density at radius 1 is 0.429 bits per heavy atom. The number of rotatable bonds is 27. The van der Waals surface area contributed by atoms with Crippen molar-refractivity contribution in [3.63, 3.8) is 0 Å². The lowest BCUT2D eigenvalue weighted by Crippen LogP contribution is -2.61. The van der Waals surface area contributed by atoms with Gasteiger partial charge in [-0.3, -0.25) is 28.8 Å². The lowest BCUT2D eigenvalue weighted by atomic mass is 9.47. The van der Waals surface area contributed by atoms with Crippen LogP contribution in [0, 0.1) is 121 Å². The SMILES string of the molecule is C=CC1(OC(=O)C(C)(C)CC)CC2CCC1C2.C=CC1(OC(=O)C(C)(C)CC)CC2CCCC2C1.CC/C=C/C1(OC(=O)C(C)(C)CC)CC2CCC1C2.CCC(C)(C)C(=O)OC1(C2=CCC(C)CC2)C2CC3CC(C2)CC1C3.CCC(C)(C)C(=O)OC1(C2=CCCCC2)CC2(O)CCC1C2.CCC(C)(C)C(=O)OC1(C=C2CCCC2)CC2CC(CC=O)CC2C1. The van der Waals surface area contributed by atoms with Crippen molar-refractivity contribution in [1.29, 1.82) is 0 Å². The molecular formula is C112H178O14. The molecule has 0 aromatic heterocycles. The van der Waals surface area contributed by atoms with Crippen LogP contribution in [0.15, 0.2) is 72.4 Å². The first-order valence-electron chi connectivity index (χ1n) is 51.9. The molecule has 17 aliphatic rings. The molecule has 15 fully saturated rings. The molecule has 0 spiro atoms. The van der Waals surface area contributed by atoms with E-state index in [1.165, 1.54) is 152 Å². The number of carbonyl (C=O) groups is 7. The van der Waals surface area contributed by atoms with Crippen molar-refractivity contribution < 1.29 is 67.1 Å². The third kappa shape index (κ3) is 22.4. The highest BCUT2D eigenvalue weighted by molar-refractivity contribution is 5.79. The van der Waals surface area contributed by atoms with Crippen LogP contribution in [0.4, 0.5) is 0 Å². The third-order valence-electron chi connectivity index (χ3n) is 36.9. The summed E-state index contributed by atoms with van der Waals surface area (Å²) in [5.74, 6) is 9.65. The summed E-state index contributed by atoms with van der Waals surface area (Å²) in [4.78, 5) is 86.5. The second-order valence-electron chi connectivity index (χ2n) is 48.1. The zero-order chi connectivity index (χ0) is 92.1. The van der Waals surface area contributed by atoms with Crippen LogP contribution in [-0.4, -0.2) is 86.4 Å². The highest BCUT2D eigenvalue weighted by atomic mass is 16.6. The smallest absolute Gasteiger partial charge is 0.312 e. The van der Waals surface area contributed by atoms with Crippen molar-refractivity contribution >= 4 is 42.1 Å². The number of hydrogen-bond acceptors (Lipinski definition) is 14. The molecule has 17 rings (SSSR count). The Morgan fingerprint density at radius 3 is 1.29 bits per heavy atom. The van der Waals surface area contributed by atoms with E-state index >= 15 is 0 Å². The zero-order valence-corrected chi connectivity index (χ0v) is 83.3. The second-order valence-corrected chi connectivity index (χ2v) is 48.1. The van der Waals surface area contributed by atoms with E-state index in [4.69, 9.17) is 28.4 Å². The van der Waals surface area contributed by atoms with Gasteiger partial charge in [0.2, 0.25) is 0 Å². The highest BCUT2D eigenvalue weighted by Gasteiger charge is 2.65. The molecule has 1 N–H and O–H groups in total. The van der Waals surface area contributed by atoms with Crippen LogP contribution in [0.2, 0.25) is 0 Å². The molecule has 14 atom stereocenters. The molecule has 17 aliphatic carbocycles. The summed E-state index contributed by atoms with van der Waals surface area (Å²) in [6, 6.07) is 0. The number of allylic oxidation sites excluding steroid dienone is 4. The van der Waals surface area contributed by atoms with E-state index in [0.717, 1.165) is 189 Å². The minimum atomic E-state index is -0.612. The predicted molar refractivity (Wildman–Crippen MR) is 506 cm³/mol. The standard InChI is InChI=1S/C23H36O2.C22H34O3.C19H30O3.C17H28O2.C16H26O2.C15H24O2/c1-5-22(3,4)21(24)25-23(18-8-6-15(2)7-9-18)19-11-16-10-17(13-19)14-20(23)12-16;1-4-21(2,3)20(24)25-22(13-16-7-5-6-8-16)14-18-11-17(9-10-23)12-19(18)15-22;1-4-17(2,3)16(20)22-19(14-8-6-5-7-9-14)13-18(21)11-10-15(19)12-18;1-5-7-10-17(12-13-8-9-14(17)11-13)19-15(18)16(3,4)6-2;1-5-15(3,4)14(17)18-16(6-2)10-12-8-7-9-13(12)11-16;1-5-14(3,4)13(16)17-15(6-2)10-11-7-8-12(15)9-11/h8,15-17,19-20H,5-7,9-14H2,1-4H3;10,13,17-19H,4-9,11-12,14-15H2,1-3H3;8,15,21H,4-7,9-13H2,1-3H3;7,10,13-14H,5-6,8-9,11-12H2,1-4H3;6,12-13H,2,5,7-11H2,1,3-4H3;6,11-12H,2,5,7-10H2,1,3-4H3/b;;;10-7+;;. The molecule has 0 radical (unpaired) electrons. The largest absolute Gasteiger partial charge is 0.454 e. The van der Waals surface area contributed by atoms with Gasteiger partial charge in [0.1, 0.15) is 39.9 Å². The Morgan fingerprint density at radius 2 is 0.881 bits per heavy atom. The van der Waals surface area contributed by atoms with Gasteiger partial charge in [-0.15, -0.1) is 0 Å². The third-order valence-corrected chi connectivity index (χ3v) is 36.9. The molecule has 126 heavy (non-hydrogen) atoms. The van der Waals surface area contributed by atoms with Gasteiger partial charge in [0.05, 0.1) is 38.1 Å². The minimum absolute atomic E-state index is 0.0247. The van der Waals surface area contributed by atoms with E-state index in [0.29, 0.717) is 60.2 Å². The van der Waals surface area contributed by atoms with Gasteiger partial charge in [-0.05, 0) is 435 Å². The molecule has 15 saturated carbocycles. The van der Waals surface area contributed by atoms with Crippen molar-refractivity contribution in [3.8, 4) is 0 Å². The Bertz CT molecular complexity index is 3860. The molecule has 0 amide bonds. The van der Waals surface area contributed by atoms with Crippen LogP contribution in [0.5, 0.6) is 0 Å². The van der Waals surface area contributed by atoms with Gasteiger partial charge >= 0.3 is 35.8 Å². The number of aldehydes is 1. The maximum absolute atomic E-state index is 13.2. The van der Waals surface area contributed by atoms with Crippen LogP contribution < -0.4 is 0 Å². The molecule has 14 heteroatoms. The minimum Gasteiger partial charge on any atom is -0.454 e. The van der Waals surface area contributed by atoms with E-state index < -0.39 is 22.0 Å². The average Bonchev–Trinajstić information content (AvgIpc) is 1.46. The van der Waals surface area contributed by atoms with E-state index in [2.05, 4.69) is 92.0 Å². The van der Waals surface area contributed by atoms with Gasteiger partial charge in [-0.2, -0.15) is 0 Å². The van der Waals surface area contributed by atoms with E-state index in [1.54, 1.807) is 0 Å². The van der Waals surface area contributed by atoms with Crippen LogP contribution in [-0.2, 0) is 62.0 Å². The van der Waals surface area contributed by atoms with Crippen molar-refractivity contribution in [2.45, 2.75) is 467 Å². The fraction of sp³-hybridized carbons (Fsp3) is 0.830. The first-order valence-corrected chi connectivity index (χ1v) is 51.9. The highest BCUT2D eigenvalue weighted by Crippen LogP contribution is 2.65. The lowest BCUT2D eigenvalue weighted by molar-refractivity contribution is -0.206. The summed E-state index contributed by atoms with van der Waals surface area (Å²) in [5, 5.41) is 10.8. The molecule has 0 aliphatic heterocycles. The van der Waals surface area contributed by atoms with Crippen LogP contribution in [0.1, 0.15) is 427 Å². The molecule has 14 unspecified atom stereocenters. The van der Waals surface area contributed by atoms with Gasteiger partial charge in [0.25, 0.3) is 0 Å². The molecule has 0 aromatic rings. The zero-order valence-electron chi connectivity index (χ0n) is 83.3. The molecule has 0 aromatic carbocycles. The number of aliphatic hydroxyl groups is 1. The van der Waals surface area contributed by atoms with Gasteiger partial charge < -0.3 is 38.3 Å². The maximum Gasteiger partial charge on any atom is 0.312 e. The Balaban J connectivity index is 0.000000148. The van der Waals surface area contributed by atoms with Crippen LogP contribution in [0.25, 0.3) is 0 Å². The Labute approximate surface area is 765 Å². The van der Waals surface area contributed by atoms with E-state index in [9.17, 15) is 38.7 Å².